The number of hydrogen-bond donors (Lipinski definition) is 2. The maximum absolute atomic E-state index is 12.3. The van der Waals surface area contributed by atoms with Gasteiger partial charge in [-0.1, -0.05) is 0 Å². The summed E-state index contributed by atoms with van der Waals surface area (Å²) in [5.41, 5.74) is 6.02. The van der Waals surface area contributed by atoms with Crippen LogP contribution in [0.15, 0.2) is 9.59 Å². The largest absolute Gasteiger partial charge is 0.329 e. The second-order valence-corrected chi connectivity index (χ2v) is 5.34. The van der Waals surface area contributed by atoms with Crippen LogP contribution in [-0.4, -0.2) is 16.1 Å². The number of hydrogen-bond acceptors (Lipinski definition) is 4. The molecule has 0 saturated carbocycles. The summed E-state index contributed by atoms with van der Waals surface area (Å²) in [5, 5.41) is 0.704. The molecular weight excluding hydrogens is 238 g/mol. The molecule has 1 aliphatic carbocycles. The predicted molar refractivity (Wildman–Crippen MR) is 67.8 cm³/mol. The lowest BCUT2D eigenvalue weighted by Crippen LogP contribution is -2.36. The Hall–Kier alpha value is -1.40. The van der Waals surface area contributed by atoms with Crippen molar-refractivity contribution in [2.45, 2.75) is 25.8 Å². The van der Waals surface area contributed by atoms with Crippen LogP contribution in [0.25, 0.3) is 10.2 Å². The Kier molecular flexibility index (Phi) is 2.41. The van der Waals surface area contributed by atoms with Gasteiger partial charge >= 0.3 is 5.69 Å². The third kappa shape index (κ3) is 1.48. The molecule has 2 aromatic heterocycles. The highest BCUT2D eigenvalue weighted by Crippen LogP contribution is 2.33. The highest BCUT2D eigenvalue weighted by molar-refractivity contribution is 7.18. The Balaban J connectivity index is 2.39. The molecule has 0 fully saturated rings. The van der Waals surface area contributed by atoms with Gasteiger partial charge in [-0.15, -0.1) is 11.3 Å². The maximum Gasteiger partial charge on any atom is 0.329 e. The third-order valence-electron chi connectivity index (χ3n) is 3.20. The van der Waals surface area contributed by atoms with Gasteiger partial charge in [-0.2, -0.15) is 0 Å². The summed E-state index contributed by atoms with van der Waals surface area (Å²) in [6.45, 7) is 0.565. The standard InChI is InChI=1S/C11H13N3O2S/c12-4-5-14-10(15)8-6-2-1-3-7(6)17-9(8)13-11(14)16/h1-5,12H2,(H,13,16). The molecule has 6 heteroatoms. The van der Waals surface area contributed by atoms with Gasteiger partial charge in [0.15, 0.2) is 0 Å². The summed E-state index contributed by atoms with van der Waals surface area (Å²) < 4.78 is 1.20. The molecule has 0 unspecified atom stereocenters. The number of thiophene rings is 1. The van der Waals surface area contributed by atoms with E-state index in [1.54, 1.807) is 11.3 Å². The molecule has 0 radical (unpaired) electrons. The van der Waals surface area contributed by atoms with Crippen LogP contribution in [-0.2, 0) is 19.4 Å². The van der Waals surface area contributed by atoms with E-state index in [9.17, 15) is 9.59 Å². The summed E-state index contributed by atoms with van der Waals surface area (Å²) in [6.07, 6.45) is 3.07. The summed E-state index contributed by atoms with van der Waals surface area (Å²) in [7, 11) is 0. The zero-order chi connectivity index (χ0) is 12.0. The van der Waals surface area contributed by atoms with E-state index in [1.807, 2.05) is 0 Å². The van der Waals surface area contributed by atoms with Gasteiger partial charge in [-0.3, -0.25) is 14.3 Å². The summed E-state index contributed by atoms with van der Waals surface area (Å²) in [4.78, 5) is 28.7. The normalized spacial score (nSPS) is 14.4. The Morgan fingerprint density at radius 1 is 1.35 bits per heavy atom. The third-order valence-corrected chi connectivity index (χ3v) is 4.41. The van der Waals surface area contributed by atoms with E-state index in [0.29, 0.717) is 11.9 Å². The quantitative estimate of drug-likeness (QED) is 0.800. The second kappa shape index (κ2) is 3.82. The van der Waals surface area contributed by atoms with E-state index in [0.717, 1.165) is 29.7 Å². The number of aryl methyl sites for hydroxylation is 2. The second-order valence-electron chi connectivity index (χ2n) is 4.24. The van der Waals surface area contributed by atoms with Crippen molar-refractivity contribution in [3.63, 3.8) is 0 Å². The Bertz CT molecular complexity index is 695. The van der Waals surface area contributed by atoms with Gasteiger partial charge < -0.3 is 5.73 Å². The Labute approximate surface area is 101 Å². The number of H-pyrrole nitrogens is 1. The lowest BCUT2D eigenvalue weighted by atomic mass is 10.2. The van der Waals surface area contributed by atoms with Gasteiger partial charge in [-0.05, 0) is 24.8 Å². The topological polar surface area (TPSA) is 80.9 Å². The SMILES string of the molecule is NCCn1c(=O)[nH]c2sc3c(c2c1=O)CCC3. The minimum absolute atomic E-state index is 0.186. The van der Waals surface area contributed by atoms with Crippen molar-refractivity contribution in [2.24, 2.45) is 5.73 Å². The number of aromatic amines is 1. The molecule has 0 aliphatic heterocycles. The minimum Gasteiger partial charge on any atom is -0.329 e. The molecule has 90 valence electrons. The molecule has 3 N–H and O–H groups in total. The highest BCUT2D eigenvalue weighted by Gasteiger charge is 2.21. The smallest absolute Gasteiger partial charge is 0.329 e. The number of nitrogens with one attached hydrogen (secondary N) is 1. The van der Waals surface area contributed by atoms with Crippen LogP contribution in [0.3, 0.4) is 0 Å². The molecule has 0 atom stereocenters. The van der Waals surface area contributed by atoms with Crippen molar-refractivity contribution >= 4 is 21.6 Å². The molecule has 0 aromatic carbocycles. The average molecular weight is 251 g/mol. The van der Waals surface area contributed by atoms with Crippen LogP contribution in [0.2, 0.25) is 0 Å². The van der Waals surface area contributed by atoms with Gasteiger partial charge in [-0.25, -0.2) is 4.79 Å². The molecule has 0 spiro atoms. The van der Waals surface area contributed by atoms with Crippen molar-refractivity contribution in [1.29, 1.82) is 0 Å². The lowest BCUT2D eigenvalue weighted by Gasteiger charge is -2.02. The fraction of sp³-hybridized carbons (Fsp3) is 0.455. The maximum atomic E-state index is 12.3. The number of nitrogens with zero attached hydrogens (tertiary/aromatic N) is 1. The molecule has 3 rings (SSSR count). The van der Waals surface area contributed by atoms with Crippen molar-refractivity contribution in [2.75, 3.05) is 6.54 Å². The molecule has 0 bridgehead atoms. The molecule has 2 aromatic rings. The average Bonchev–Trinajstić information content (AvgIpc) is 2.83. The van der Waals surface area contributed by atoms with Gasteiger partial charge in [0.1, 0.15) is 4.83 Å². The molecule has 5 nitrogen and oxygen atoms in total. The minimum atomic E-state index is -0.354. The molecule has 1 aliphatic rings. The van der Waals surface area contributed by atoms with Crippen LogP contribution in [0.5, 0.6) is 0 Å². The van der Waals surface area contributed by atoms with Crippen molar-refractivity contribution in [3.05, 3.63) is 31.3 Å². The van der Waals surface area contributed by atoms with Crippen LogP contribution in [0, 0.1) is 0 Å². The van der Waals surface area contributed by atoms with Gasteiger partial charge in [0, 0.05) is 18.0 Å². The van der Waals surface area contributed by atoms with E-state index in [4.69, 9.17) is 5.73 Å². The molecule has 0 saturated heterocycles. The van der Waals surface area contributed by atoms with Crippen molar-refractivity contribution < 1.29 is 0 Å². The number of rotatable bonds is 2. The highest BCUT2D eigenvalue weighted by atomic mass is 32.1. The zero-order valence-corrected chi connectivity index (χ0v) is 10.1. The first kappa shape index (κ1) is 10.7. The first-order valence-corrected chi connectivity index (χ1v) is 6.51. The first-order chi connectivity index (χ1) is 8.22. The summed E-state index contributed by atoms with van der Waals surface area (Å²) in [5.74, 6) is 0. The van der Waals surface area contributed by atoms with E-state index in [-0.39, 0.29) is 17.8 Å². The molecule has 17 heavy (non-hydrogen) atoms. The molecular formula is C11H13N3O2S. The monoisotopic (exact) mass is 251 g/mol. The first-order valence-electron chi connectivity index (χ1n) is 5.70. The zero-order valence-electron chi connectivity index (χ0n) is 9.28. The molecule has 0 amide bonds. The van der Waals surface area contributed by atoms with E-state index in [1.165, 1.54) is 9.44 Å². The Morgan fingerprint density at radius 2 is 2.18 bits per heavy atom. The number of nitrogens with two attached hydrogens (primary N) is 1. The fourth-order valence-electron chi connectivity index (χ4n) is 2.44. The predicted octanol–water partition coefficient (Wildman–Crippen LogP) is 0.199. The summed E-state index contributed by atoms with van der Waals surface area (Å²) in [6, 6.07) is 0. The van der Waals surface area contributed by atoms with Crippen molar-refractivity contribution in [1.82, 2.24) is 9.55 Å². The van der Waals surface area contributed by atoms with Crippen molar-refractivity contribution in [3.8, 4) is 0 Å². The molecule has 2 heterocycles. The van der Waals surface area contributed by atoms with Crippen LogP contribution in [0.1, 0.15) is 16.9 Å². The fourth-order valence-corrected chi connectivity index (χ4v) is 3.71. The lowest BCUT2D eigenvalue weighted by molar-refractivity contribution is 0.647. The van der Waals surface area contributed by atoms with Crippen LogP contribution < -0.4 is 17.0 Å². The van der Waals surface area contributed by atoms with E-state index >= 15 is 0 Å². The van der Waals surface area contributed by atoms with E-state index < -0.39 is 0 Å². The summed E-state index contributed by atoms with van der Waals surface area (Å²) >= 11 is 1.54. The number of fused-ring (bicyclic) bond motifs is 3. The van der Waals surface area contributed by atoms with Crippen LogP contribution in [0.4, 0.5) is 0 Å². The number of aromatic nitrogens is 2. The van der Waals surface area contributed by atoms with Gasteiger partial charge in [0.2, 0.25) is 0 Å². The van der Waals surface area contributed by atoms with Gasteiger partial charge in [0.25, 0.3) is 5.56 Å². The van der Waals surface area contributed by atoms with E-state index in [2.05, 4.69) is 4.98 Å². The van der Waals surface area contributed by atoms with Gasteiger partial charge in [0.05, 0.1) is 5.39 Å². The van der Waals surface area contributed by atoms with Crippen LogP contribution >= 0.6 is 11.3 Å². The Morgan fingerprint density at radius 3 is 2.94 bits per heavy atom.